The Morgan fingerprint density at radius 2 is 1.81 bits per heavy atom. The zero-order chi connectivity index (χ0) is 23.4. The van der Waals surface area contributed by atoms with Gasteiger partial charge in [-0.3, -0.25) is 9.59 Å². The van der Waals surface area contributed by atoms with Gasteiger partial charge in [0.05, 0.1) is 23.2 Å². The summed E-state index contributed by atoms with van der Waals surface area (Å²) in [6, 6.07) is 11.9. The van der Waals surface area contributed by atoms with Gasteiger partial charge >= 0.3 is 0 Å². The first-order valence-electron chi connectivity index (χ1n) is 10.7. The number of benzene rings is 2. The van der Waals surface area contributed by atoms with Gasteiger partial charge in [0, 0.05) is 18.7 Å². The number of amides is 1. The molecule has 0 bridgehead atoms. The molecule has 7 heteroatoms. The highest BCUT2D eigenvalue weighted by Gasteiger charge is 2.45. The van der Waals surface area contributed by atoms with Crippen molar-refractivity contribution in [3.63, 3.8) is 0 Å². The van der Waals surface area contributed by atoms with Crippen LogP contribution in [-0.2, 0) is 16.0 Å². The summed E-state index contributed by atoms with van der Waals surface area (Å²) in [5.74, 6) is -1.14. The maximum atomic E-state index is 13.1. The first kappa shape index (κ1) is 23.8. The van der Waals surface area contributed by atoms with Crippen LogP contribution in [-0.4, -0.2) is 60.4 Å². The van der Waals surface area contributed by atoms with E-state index < -0.39 is 17.7 Å². The lowest BCUT2D eigenvalue weighted by molar-refractivity contribution is -0.140. The van der Waals surface area contributed by atoms with Crippen LogP contribution in [0.25, 0.3) is 5.76 Å². The van der Waals surface area contributed by atoms with Gasteiger partial charge in [-0.25, -0.2) is 0 Å². The van der Waals surface area contributed by atoms with Gasteiger partial charge in [0.1, 0.15) is 11.5 Å². The highest BCUT2D eigenvalue weighted by molar-refractivity contribution is 6.46. The number of halogens is 1. The molecule has 0 aromatic heterocycles. The molecule has 0 radical (unpaired) electrons. The number of aliphatic hydroxyl groups is 1. The first-order chi connectivity index (χ1) is 15.3. The number of ketones is 1. The summed E-state index contributed by atoms with van der Waals surface area (Å²) >= 11 is 6.18. The zero-order valence-corrected chi connectivity index (χ0v) is 19.6. The Morgan fingerprint density at radius 1 is 1.12 bits per heavy atom. The zero-order valence-electron chi connectivity index (χ0n) is 18.9. The number of aliphatic hydroxyl groups excluding tert-OH is 1. The monoisotopic (exact) mass is 456 g/mol. The van der Waals surface area contributed by atoms with E-state index in [0.29, 0.717) is 36.0 Å². The van der Waals surface area contributed by atoms with Crippen LogP contribution in [0.2, 0.25) is 5.02 Å². The molecule has 1 unspecified atom stereocenters. The minimum atomic E-state index is -0.696. The summed E-state index contributed by atoms with van der Waals surface area (Å²) in [5, 5.41) is 11.6. The van der Waals surface area contributed by atoms with Crippen LogP contribution in [0.5, 0.6) is 5.75 Å². The molecular formula is C25H29ClN2O4. The largest absolute Gasteiger partial charge is 0.507 e. The van der Waals surface area contributed by atoms with Crippen LogP contribution in [0, 0.1) is 0 Å². The van der Waals surface area contributed by atoms with Gasteiger partial charge in [-0.2, -0.15) is 0 Å². The van der Waals surface area contributed by atoms with E-state index in [2.05, 4.69) is 6.92 Å². The number of hydrogen-bond acceptors (Lipinski definition) is 5. The fourth-order valence-corrected chi connectivity index (χ4v) is 3.94. The minimum absolute atomic E-state index is 0.0720. The predicted octanol–water partition coefficient (Wildman–Crippen LogP) is 4.28. The third-order valence-corrected chi connectivity index (χ3v) is 5.85. The Balaban J connectivity index is 2.14. The number of carbonyl (C=O) groups excluding carboxylic acids is 2. The van der Waals surface area contributed by atoms with E-state index in [1.165, 1.54) is 4.90 Å². The molecule has 32 heavy (non-hydrogen) atoms. The normalized spacial score (nSPS) is 17.9. The van der Waals surface area contributed by atoms with Crippen LogP contribution in [0.4, 0.5) is 0 Å². The molecule has 6 nitrogen and oxygen atoms in total. The van der Waals surface area contributed by atoms with Crippen molar-refractivity contribution in [2.24, 2.45) is 0 Å². The smallest absolute Gasteiger partial charge is 0.295 e. The van der Waals surface area contributed by atoms with E-state index in [4.69, 9.17) is 16.3 Å². The Kier molecular flexibility index (Phi) is 7.59. The third kappa shape index (κ3) is 4.81. The quantitative estimate of drug-likeness (QED) is 0.364. The van der Waals surface area contributed by atoms with Crippen molar-refractivity contribution in [3.8, 4) is 5.75 Å². The number of rotatable bonds is 8. The van der Waals surface area contributed by atoms with Crippen molar-refractivity contribution in [2.45, 2.75) is 26.3 Å². The third-order valence-electron chi connectivity index (χ3n) is 5.54. The molecule has 1 N–H and O–H groups in total. The lowest BCUT2D eigenvalue weighted by Gasteiger charge is -2.26. The van der Waals surface area contributed by atoms with Gasteiger partial charge in [-0.05, 0) is 56.8 Å². The molecule has 1 aliphatic heterocycles. The summed E-state index contributed by atoms with van der Waals surface area (Å²) < 4.78 is 5.53. The second-order valence-corrected chi connectivity index (χ2v) is 8.38. The number of likely N-dealkylation sites (N-methyl/N-ethyl adjacent to an activating group) is 1. The van der Waals surface area contributed by atoms with E-state index >= 15 is 0 Å². The van der Waals surface area contributed by atoms with Crippen molar-refractivity contribution in [3.05, 3.63) is 69.8 Å². The number of carbonyl (C=O) groups is 2. The van der Waals surface area contributed by atoms with Crippen molar-refractivity contribution in [1.29, 1.82) is 0 Å². The van der Waals surface area contributed by atoms with Gasteiger partial charge in [0.2, 0.25) is 0 Å². The number of likely N-dealkylation sites (tertiary alicyclic amines) is 1. The molecular weight excluding hydrogens is 428 g/mol. The maximum absolute atomic E-state index is 13.1. The Hall–Kier alpha value is -2.83. The standard InChI is InChI=1S/C25H29ClN2O4/c1-5-16-7-9-17(10-8-16)22-21(24(30)25(31)28(22)14-13-27(3)4)23(29)18-11-12-19(26)20(15-18)32-6-2/h7-12,15,22,29H,5-6,13-14H2,1-4H3/b23-21-. The van der Waals surface area contributed by atoms with Crippen LogP contribution in [0.3, 0.4) is 0 Å². The van der Waals surface area contributed by atoms with E-state index in [9.17, 15) is 14.7 Å². The van der Waals surface area contributed by atoms with Gasteiger partial charge < -0.3 is 19.6 Å². The summed E-state index contributed by atoms with van der Waals surface area (Å²) in [5.41, 5.74) is 2.38. The van der Waals surface area contributed by atoms with E-state index in [1.807, 2.05) is 50.2 Å². The van der Waals surface area contributed by atoms with Crippen LogP contribution < -0.4 is 4.74 Å². The van der Waals surface area contributed by atoms with Crippen molar-refractivity contribution in [1.82, 2.24) is 9.80 Å². The lowest BCUT2D eigenvalue weighted by Crippen LogP contribution is -2.35. The second-order valence-electron chi connectivity index (χ2n) is 7.97. The van der Waals surface area contributed by atoms with Crippen LogP contribution >= 0.6 is 11.6 Å². The molecule has 2 aromatic rings. The number of hydrogen-bond donors (Lipinski definition) is 1. The van der Waals surface area contributed by atoms with Crippen LogP contribution in [0.15, 0.2) is 48.0 Å². The molecule has 1 heterocycles. The topological polar surface area (TPSA) is 70.1 Å². The van der Waals surface area contributed by atoms with Gasteiger partial charge in [0.25, 0.3) is 11.7 Å². The van der Waals surface area contributed by atoms with E-state index in [1.54, 1.807) is 18.2 Å². The molecule has 3 rings (SSSR count). The fourth-order valence-electron chi connectivity index (χ4n) is 3.77. The average Bonchev–Trinajstić information content (AvgIpc) is 3.03. The number of Topliss-reactive ketones (excluding diaryl/α,β-unsaturated/α-hetero) is 1. The maximum Gasteiger partial charge on any atom is 0.295 e. The first-order valence-corrected chi connectivity index (χ1v) is 11.1. The number of ether oxygens (including phenoxy) is 1. The molecule has 170 valence electrons. The van der Waals surface area contributed by atoms with Crippen molar-refractivity contribution in [2.75, 3.05) is 33.8 Å². The molecule has 0 saturated carbocycles. The van der Waals surface area contributed by atoms with Crippen molar-refractivity contribution < 1.29 is 19.4 Å². The molecule has 1 saturated heterocycles. The average molecular weight is 457 g/mol. The second kappa shape index (κ2) is 10.2. The molecule has 1 fully saturated rings. The molecule has 0 spiro atoms. The van der Waals surface area contributed by atoms with Gasteiger partial charge in [-0.15, -0.1) is 0 Å². The highest BCUT2D eigenvalue weighted by Crippen LogP contribution is 2.40. The Morgan fingerprint density at radius 3 is 2.41 bits per heavy atom. The lowest BCUT2D eigenvalue weighted by atomic mass is 9.94. The fraction of sp³-hybridized carbons (Fsp3) is 0.360. The van der Waals surface area contributed by atoms with Gasteiger partial charge in [0.15, 0.2) is 0 Å². The Bertz CT molecular complexity index is 1030. The van der Waals surface area contributed by atoms with E-state index in [-0.39, 0.29) is 11.3 Å². The minimum Gasteiger partial charge on any atom is -0.507 e. The van der Waals surface area contributed by atoms with Crippen LogP contribution in [0.1, 0.15) is 36.6 Å². The van der Waals surface area contributed by atoms with E-state index in [0.717, 1.165) is 17.5 Å². The summed E-state index contributed by atoms with van der Waals surface area (Å²) in [6.45, 7) is 5.25. The highest BCUT2D eigenvalue weighted by atomic mass is 35.5. The molecule has 1 aliphatic rings. The van der Waals surface area contributed by atoms with Gasteiger partial charge in [-0.1, -0.05) is 42.8 Å². The van der Waals surface area contributed by atoms with Crippen molar-refractivity contribution >= 4 is 29.1 Å². The SMILES string of the molecule is CCOc1cc(/C(O)=C2/C(=O)C(=O)N(CCN(C)C)C2c2ccc(CC)cc2)ccc1Cl. The molecule has 2 aromatic carbocycles. The summed E-state index contributed by atoms with van der Waals surface area (Å²) in [6.07, 6.45) is 0.881. The molecule has 1 amide bonds. The summed E-state index contributed by atoms with van der Waals surface area (Å²) in [4.78, 5) is 29.5. The number of nitrogens with zero attached hydrogens (tertiary/aromatic N) is 2. The summed E-state index contributed by atoms with van der Waals surface area (Å²) in [7, 11) is 3.81. The number of aryl methyl sites for hydroxylation is 1. The predicted molar refractivity (Wildman–Crippen MR) is 126 cm³/mol. The molecule has 1 atom stereocenters. The molecule has 0 aliphatic carbocycles. The Labute approximate surface area is 194 Å².